The number of hydrogen-bond donors (Lipinski definition) is 2. The maximum Gasteiger partial charge on any atom is 0.226 e. The molecule has 0 atom stereocenters. The lowest BCUT2D eigenvalue weighted by Crippen LogP contribution is -2.11. The lowest BCUT2D eigenvalue weighted by Gasteiger charge is -2.06. The van der Waals surface area contributed by atoms with Gasteiger partial charge in [-0.05, 0) is 43.7 Å². The number of aryl methyl sites for hydroxylation is 2. The number of amides is 2. The number of nitrogens with zero attached hydrogens (tertiary/aromatic N) is 2. The molecular weight excluding hydrogens is 356 g/mol. The van der Waals surface area contributed by atoms with Crippen LogP contribution in [0.4, 0.5) is 11.4 Å². The number of nitrogens with one attached hydrogen (secondary N) is 2. The third-order valence-electron chi connectivity index (χ3n) is 4.03. The first-order valence-electron chi connectivity index (χ1n) is 9.07. The van der Waals surface area contributed by atoms with E-state index in [1.807, 2.05) is 31.2 Å². The Morgan fingerprint density at radius 1 is 1.04 bits per heavy atom. The standard InChI is InChI=1S/C21H22N4O3/c1-14-5-3-6-16(13-14)21-24-20(28-25-21)8-4-7-19(27)23-18-11-9-17(10-12-18)22-15(2)26/h3,5-6,9-13H,4,7-8H2,1-2H3,(H,22,26)(H,23,27). The van der Waals surface area contributed by atoms with Crippen molar-refractivity contribution in [2.24, 2.45) is 0 Å². The van der Waals surface area contributed by atoms with Crippen molar-refractivity contribution in [1.29, 1.82) is 0 Å². The predicted molar refractivity (Wildman–Crippen MR) is 107 cm³/mol. The van der Waals surface area contributed by atoms with E-state index in [2.05, 4.69) is 20.8 Å². The summed E-state index contributed by atoms with van der Waals surface area (Å²) in [6.07, 6.45) is 1.48. The smallest absolute Gasteiger partial charge is 0.226 e. The van der Waals surface area contributed by atoms with Gasteiger partial charge in [0.25, 0.3) is 0 Å². The van der Waals surface area contributed by atoms with E-state index in [0.29, 0.717) is 42.4 Å². The molecule has 7 nitrogen and oxygen atoms in total. The first-order valence-corrected chi connectivity index (χ1v) is 9.07. The van der Waals surface area contributed by atoms with Gasteiger partial charge < -0.3 is 15.2 Å². The summed E-state index contributed by atoms with van der Waals surface area (Å²) in [5.41, 5.74) is 3.41. The maximum absolute atomic E-state index is 12.1. The molecule has 1 aromatic heterocycles. The van der Waals surface area contributed by atoms with Crippen molar-refractivity contribution in [3.05, 3.63) is 60.0 Å². The molecule has 0 bridgehead atoms. The number of carbonyl (C=O) groups is 2. The number of anilines is 2. The third kappa shape index (κ3) is 5.51. The molecule has 0 aliphatic heterocycles. The molecular formula is C21H22N4O3. The number of rotatable bonds is 7. The van der Waals surface area contributed by atoms with E-state index < -0.39 is 0 Å². The van der Waals surface area contributed by atoms with Crippen LogP contribution in [0, 0.1) is 6.92 Å². The molecule has 0 aliphatic rings. The highest BCUT2D eigenvalue weighted by atomic mass is 16.5. The Balaban J connectivity index is 1.46. The van der Waals surface area contributed by atoms with E-state index in [0.717, 1.165) is 11.1 Å². The van der Waals surface area contributed by atoms with E-state index in [1.54, 1.807) is 24.3 Å². The van der Waals surface area contributed by atoms with Crippen molar-refractivity contribution in [2.75, 3.05) is 10.6 Å². The van der Waals surface area contributed by atoms with Crippen LogP contribution >= 0.6 is 0 Å². The molecule has 7 heteroatoms. The Labute approximate surface area is 163 Å². The van der Waals surface area contributed by atoms with Gasteiger partial charge in [-0.25, -0.2) is 0 Å². The average Bonchev–Trinajstić information content (AvgIpc) is 3.12. The van der Waals surface area contributed by atoms with Crippen LogP contribution in [0.1, 0.15) is 31.2 Å². The zero-order valence-corrected chi connectivity index (χ0v) is 15.9. The highest BCUT2D eigenvalue weighted by Crippen LogP contribution is 2.18. The maximum atomic E-state index is 12.1. The minimum atomic E-state index is -0.136. The van der Waals surface area contributed by atoms with Crippen LogP contribution in [-0.4, -0.2) is 22.0 Å². The highest BCUT2D eigenvalue weighted by molar-refractivity contribution is 5.92. The summed E-state index contributed by atoms with van der Waals surface area (Å²) >= 11 is 0. The molecule has 28 heavy (non-hydrogen) atoms. The second-order valence-electron chi connectivity index (χ2n) is 6.54. The molecule has 2 amide bonds. The first kappa shape index (κ1) is 19.3. The summed E-state index contributed by atoms with van der Waals surface area (Å²) in [5, 5.41) is 9.51. The summed E-state index contributed by atoms with van der Waals surface area (Å²) in [6.45, 7) is 3.46. The lowest BCUT2D eigenvalue weighted by atomic mass is 10.1. The minimum absolute atomic E-state index is 0.0919. The molecule has 3 aromatic rings. The van der Waals surface area contributed by atoms with Crippen LogP contribution in [0.2, 0.25) is 0 Å². The van der Waals surface area contributed by atoms with E-state index in [1.165, 1.54) is 6.92 Å². The predicted octanol–water partition coefficient (Wildman–Crippen LogP) is 3.96. The van der Waals surface area contributed by atoms with Crippen LogP contribution < -0.4 is 10.6 Å². The van der Waals surface area contributed by atoms with Crippen molar-refractivity contribution in [2.45, 2.75) is 33.1 Å². The zero-order chi connectivity index (χ0) is 19.9. The zero-order valence-electron chi connectivity index (χ0n) is 15.9. The second-order valence-corrected chi connectivity index (χ2v) is 6.54. The van der Waals surface area contributed by atoms with Gasteiger partial charge in [0.1, 0.15) is 0 Å². The fraction of sp³-hybridized carbons (Fsp3) is 0.238. The molecule has 1 heterocycles. The molecule has 2 N–H and O–H groups in total. The average molecular weight is 378 g/mol. The van der Waals surface area contributed by atoms with Gasteiger partial charge in [-0.3, -0.25) is 9.59 Å². The Kier molecular flexibility index (Phi) is 6.16. The Morgan fingerprint density at radius 3 is 2.43 bits per heavy atom. The summed E-state index contributed by atoms with van der Waals surface area (Å²) in [5.74, 6) is 0.848. The quantitative estimate of drug-likeness (QED) is 0.648. The van der Waals surface area contributed by atoms with Crippen molar-refractivity contribution < 1.29 is 14.1 Å². The monoisotopic (exact) mass is 378 g/mol. The Hall–Kier alpha value is -3.48. The lowest BCUT2D eigenvalue weighted by molar-refractivity contribution is -0.116. The third-order valence-corrected chi connectivity index (χ3v) is 4.03. The van der Waals surface area contributed by atoms with Crippen LogP contribution in [-0.2, 0) is 16.0 Å². The van der Waals surface area contributed by atoms with Gasteiger partial charge in [0.05, 0.1) is 0 Å². The summed E-state index contributed by atoms with van der Waals surface area (Å²) < 4.78 is 5.28. The number of benzene rings is 2. The SMILES string of the molecule is CC(=O)Nc1ccc(NC(=O)CCCc2nc(-c3cccc(C)c3)no2)cc1. The molecule has 0 saturated heterocycles. The van der Waals surface area contributed by atoms with Crippen LogP contribution in [0.25, 0.3) is 11.4 Å². The van der Waals surface area contributed by atoms with E-state index in [-0.39, 0.29) is 11.8 Å². The van der Waals surface area contributed by atoms with E-state index >= 15 is 0 Å². The molecule has 0 saturated carbocycles. The van der Waals surface area contributed by atoms with Crippen molar-refractivity contribution in [3.8, 4) is 11.4 Å². The molecule has 3 rings (SSSR count). The molecule has 2 aromatic carbocycles. The summed E-state index contributed by atoms with van der Waals surface area (Å²) in [4.78, 5) is 27.5. The van der Waals surface area contributed by atoms with Crippen LogP contribution in [0.15, 0.2) is 53.1 Å². The van der Waals surface area contributed by atoms with Gasteiger partial charge >= 0.3 is 0 Å². The number of carbonyl (C=O) groups excluding carboxylic acids is 2. The van der Waals surface area contributed by atoms with Crippen LogP contribution in [0.5, 0.6) is 0 Å². The molecule has 0 fully saturated rings. The largest absolute Gasteiger partial charge is 0.339 e. The summed E-state index contributed by atoms with van der Waals surface area (Å²) in [7, 11) is 0. The molecule has 0 aliphatic carbocycles. The fourth-order valence-corrected chi connectivity index (χ4v) is 2.72. The first-order chi connectivity index (χ1) is 13.5. The van der Waals surface area contributed by atoms with Gasteiger partial charge in [-0.15, -0.1) is 0 Å². The second kappa shape index (κ2) is 8.94. The summed E-state index contributed by atoms with van der Waals surface area (Å²) in [6, 6.07) is 14.9. The Bertz CT molecular complexity index is 964. The fourth-order valence-electron chi connectivity index (χ4n) is 2.72. The molecule has 0 radical (unpaired) electrons. The normalized spacial score (nSPS) is 10.5. The number of hydrogen-bond acceptors (Lipinski definition) is 5. The Morgan fingerprint density at radius 2 is 1.75 bits per heavy atom. The van der Waals surface area contributed by atoms with Gasteiger partial charge in [0.2, 0.25) is 23.5 Å². The number of aromatic nitrogens is 2. The molecule has 144 valence electrons. The van der Waals surface area contributed by atoms with Gasteiger partial charge in [-0.2, -0.15) is 4.98 Å². The molecule has 0 unspecified atom stereocenters. The molecule has 0 spiro atoms. The van der Waals surface area contributed by atoms with Gasteiger partial charge in [0, 0.05) is 36.7 Å². The van der Waals surface area contributed by atoms with Gasteiger partial charge in [-0.1, -0.05) is 28.9 Å². The van der Waals surface area contributed by atoms with E-state index in [9.17, 15) is 9.59 Å². The van der Waals surface area contributed by atoms with Crippen molar-refractivity contribution >= 4 is 23.2 Å². The topological polar surface area (TPSA) is 97.1 Å². The van der Waals surface area contributed by atoms with E-state index in [4.69, 9.17) is 4.52 Å². The van der Waals surface area contributed by atoms with Crippen molar-refractivity contribution in [1.82, 2.24) is 10.1 Å². The van der Waals surface area contributed by atoms with Gasteiger partial charge in [0.15, 0.2) is 0 Å². The highest BCUT2D eigenvalue weighted by Gasteiger charge is 2.10. The van der Waals surface area contributed by atoms with Crippen molar-refractivity contribution in [3.63, 3.8) is 0 Å². The van der Waals surface area contributed by atoms with Crippen LogP contribution in [0.3, 0.4) is 0 Å². The minimum Gasteiger partial charge on any atom is -0.339 e.